The first-order valence-electron chi connectivity index (χ1n) is 8.35. The summed E-state index contributed by atoms with van der Waals surface area (Å²) in [5, 5.41) is 5.05. The smallest absolute Gasteiger partial charge is 0.0333 e. The maximum absolute atomic E-state index is 3.87. The summed E-state index contributed by atoms with van der Waals surface area (Å²) in [5.41, 5.74) is 3.00. The molecule has 0 aliphatic heterocycles. The van der Waals surface area contributed by atoms with Gasteiger partial charge in [-0.2, -0.15) is 0 Å². The summed E-state index contributed by atoms with van der Waals surface area (Å²) in [6.45, 7) is 13.5. The van der Waals surface area contributed by atoms with E-state index in [0.29, 0.717) is 0 Å². The topological polar surface area (TPSA) is 0 Å². The lowest BCUT2D eigenvalue weighted by Gasteiger charge is -2.22. The van der Waals surface area contributed by atoms with E-state index in [-0.39, 0.29) is 10.8 Å². The molecule has 0 aliphatic carbocycles. The number of benzene rings is 3. The van der Waals surface area contributed by atoms with E-state index in [1.165, 1.54) is 41.6 Å². The molecule has 3 rings (SSSR count). The van der Waals surface area contributed by atoms with Crippen molar-refractivity contribution in [2.45, 2.75) is 52.4 Å². The molecule has 0 atom stereocenters. The molecule has 0 bridgehead atoms. The highest BCUT2D eigenvalue weighted by Gasteiger charge is 2.19. The van der Waals surface area contributed by atoms with E-state index >= 15 is 0 Å². The minimum atomic E-state index is 0.144. The Kier molecular flexibility index (Phi) is 4.37. The van der Waals surface area contributed by atoms with Crippen LogP contribution < -0.4 is 0 Å². The van der Waals surface area contributed by atoms with Crippen LogP contribution in [-0.4, -0.2) is 0 Å². The van der Waals surface area contributed by atoms with Crippen LogP contribution in [0.1, 0.15) is 52.7 Å². The van der Waals surface area contributed by atoms with Gasteiger partial charge in [-0.3, -0.25) is 0 Å². The molecule has 2 heteroatoms. The van der Waals surface area contributed by atoms with Gasteiger partial charge < -0.3 is 0 Å². The van der Waals surface area contributed by atoms with Gasteiger partial charge in [0.05, 0.1) is 0 Å². The summed E-state index contributed by atoms with van der Waals surface area (Å²) in [6, 6.07) is 13.6. The maximum Gasteiger partial charge on any atom is 0.0333 e. The molecule has 0 saturated heterocycles. The maximum atomic E-state index is 3.87. The van der Waals surface area contributed by atoms with Crippen molar-refractivity contribution in [3.8, 4) is 0 Å². The minimum Gasteiger partial charge on any atom is -0.0578 e. The third-order valence-electron chi connectivity index (χ3n) is 4.72. The third-order valence-corrected chi connectivity index (χ3v) is 6.43. The number of fused-ring (bicyclic) bond motifs is 2. The molecule has 0 unspecified atom stereocenters. The predicted octanol–water partition coefficient (Wildman–Crippen LogP) is 8.11. The van der Waals surface area contributed by atoms with Crippen LogP contribution in [0.25, 0.3) is 21.5 Å². The molecule has 0 aliphatic rings. The Morgan fingerprint density at radius 1 is 0.542 bits per heavy atom. The summed E-state index contributed by atoms with van der Waals surface area (Å²) < 4.78 is 2.37. The van der Waals surface area contributed by atoms with Crippen LogP contribution in [0.5, 0.6) is 0 Å². The summed E-state index contributed by atoms with van der Waals surface area (Å²) in [5.74, 6) is 0. The average Bonchev–Trinajstić information content (AvgIpc) is 2.49. The van der Waals surface area contributed by atoms with Crippen LogP contribution in [0.3, 0.4) is 0 Å². The lowest BCUT2D eigenvalue weighted by atomic mass is 9.84. The van der Waals surface area contributed by atoms with Crippen LogP contribution >= 0.6 is 31.9 Å². The van der Waals surface area contributed by atoms with Crippen molar-refractivity contribution in [2.24, 2.45) is 0 Å². The lowest BCUT2D eigenvalue weighted by Crippen LogP contribution is -2.11. The second-order valence-electron chi connectivity index (χ2n) is 8.65. The van der Waals surface area contributed by atoms with Crippen molar-refractivity contribution in [1.29, 1.82) is 0 Å². The average molecular weight is 448 g/mol. The Bertz CT molecular complexity index is 859. The first-order valence-corrected chi connectivity index (χ1v) is 9.94. The zero-order valence-corrected chi connectivity index (χ0v) is 18.4. The summed E-state index contributed by atoms with van der Waals surface area (Å²) in [4.78, 5) is 0. The predicted molar refractivity (Wildman–Crippen MR) is 114 cm³/mol. The molecular weight excluding hydrogens is 424 g/mol. The van der Waals surface area contributed by atoms with Crippen molar-refractivity contribution in [3.63, 3.8) is 0 Å². The standard InChI is InChI=1S/C22H24Br2/c1-21(2,3)13-7-9-15-17(11-13)19(23)16-10-8-14(22(4,5)6)12-18(16)20(15)24/h7-12H,1-6H3. The fraction of sp³-hybridized carbons (Fsp3) is 0.364. The van der Waals surface area contributed by atoms with Gasteiger partial charge in [0.1, 0.15) is 0 Å². The summed E-state index contributed by atoms with van der Waals surface area (Å²) in [7, 11) is 0. The van der Waals surface area contributed by atoms with Gasteiger partial charge in [0.2, 0.25) is 0 Å². The van der Waals surface area contributed by atoms with E-state index in [4.69, 9.17) is 0 Å². The highest BCUT2D eigenvalue weighted by atomic mass is 79.9. The zero-order valence-electron chi connectivity index (χ0n) is 15.2. The van der Waals surface area contributed by atoms with Gasteiger partial charge in [0.25, 0.3) is 0 Å². The minimum absolute atomic E-state index is 0.144. The fourth-order valence-electron chi connectivity index (χ4n) is 3.06. The van der Waals surface area contributed by atoms with Crippen molar-refractivity contribution in [1.82, 2.24) is 0 Å². The molecule has 0 fully saturated rings. The number of halogens is 2. The van der Waals surface area contributed by atoms with Crippen molar-refractivity contribution in [3.05, 3.63) is 56.5 Å². The molecule has 24 heavy (non-hydrogen) atoms. The molecule has 3 aromatic rings. The number of rotatable bonds is 0. The Hall–Kier alpha value is -0.860. The molecule has 0 heterocycles. The van der Waals surface area contributed by atoms with Gasteiger partial charge in [-0.15, -0.1) is 0 Å². The van der Waals surface area contributed by atoms with Gasteiger partial charge in [-0.1, -0.05) is 65.8 Å². The Morgan fingerprint density at radius 3 is 1.17 bits per heavy atom. The largest absolute Gasteiger partial charge is 0.0578 e. The highest BCUT2D eigenvalue weighted by Crippen LogP contribution is 2.42. The van der Waals surface area contributed by atoms with E-state index in [1.807, 2.05) is 0 Å². The van der Waals surface area contributed by atoms with Crippen molar-refractivity contribution >= 4 is 53.4 Å². The van der Waals surface area contributed by atoms with Crippen LogP contribution in [0.4, 0.5) is 0 Å². The van der Waals surface area contributed by atoms with Crippen LogP contribution in [0.15, 0.2) is 45.3 Å². The normalized spacial score (nSPS) is 13.0. The molecule has 0 amide bonds. The van der Waals surface area contributed by atoms with Crippen LogP contribution in [0.2, 0.25) is 0 Å². The Morgan fingerprint density at radius 2 is 0.875 bits per heavy atom. The van der Waals surface area contributed by atoms with Crippen LogP contribution in [-0.2, 0) is 10.8 Å². The van der Waals surface area contributed by atoms with E-state index in [1.54, 1.807) is 0 Å². The number of hydrogen-bond acceptors (Lipinski definition) is 0. The molecule has 3 aromatic carbocycles. The second-order valence-corrected chi connectivity index (χ2v) is 10.2. The Labute approximate surface area is 161 Å². The molecule has 0 spiro atoms. The zero-order chi connectivity index (χ0) is 17.9. The van der Waals surface area contributed by atoms with Crippen molar-refractivity contribution < 1.29 is 0 Å². The van der Waals surface area contributed by atoms with Gasteiger partial charge in [0.15, 0.2) is 0 Å². The SMILES string of the molecule is CC(C)(C)c1ccc2c(Br)c3cc(C(C)(C)C)ccc3c(Br)c2c1. The number of hydrogen-bond donors (Lipinski definition) is 0. The quantitative estimate of drug-likeness (QED) is 0.305. The second kappa shape index (κ2) is 5.85. The van der Waals surface area contributed by atoms with Gasteiger partial charge in [-0.25, -0.2) is 0 Å². The van der Waals surface area contributed by atoms with Crippen molar-refractivity contribution in [2.75, 3.05) is 0 Å². The molecule has 0 radical (unpaired) electrons. The Balaban J connectivity index is 2.39. The van der Waals surface area contributed by atoms with Crippen LogP contribution in [0, 0.1) is 0 Å². The highest BCUT2D eigenvalue weighted by molar-refractivity contribution is 9.11. The van der Waals surface area contributed by atoms with Gasteiger partial charge >= 0.3 is 0 Å². The van der Waals surface area contributed by atoms with Gasteiger partial charge in [-0.05, 0) is 87.5 Å². The van der Waals surface area contributed by atoms with E-state index in [9.17, 15) is 0 Å². The summed E-state index contributed by atoms with van der Waals surface area (Å²) in [6.07, 6.45) is 0. The molecule has 0 saturated carbocycles. The molecule has 0 nitrogen and oxygen atoms in total. The van der Waals surface area contributed by atoms with E-state index < -0.39 is 0 Å². The molecule has 0 aromatic heterocycles. The van der Waals surface area contributed by atoms with E-state index in [2.05, 4.69) is 110 Å². The summed E-state index contributed by atoms with van der Waals surface area (Å²) >= 11 is 7.74. The monoisotopic (exact) mass is 446 g/mol. The molecule has 0 N–H and O–H groups in total. The first-order chi connectivity index (χ1) is 11.0. The molecular formula is C22H24Br2. The lowest BCUT2D eigenvalue weighted by molar-refractivity contribution is 0.590. The molecule has 126 valence electrons. The first kappa shape index (κ1) is 17.9. The third kappa shape index (κ3) is 3.04. The van der Waals surface area contributed by atoms with E-state index in [0.717, 1.165) is 0 Å². The fourth-order valence-corrected chi connectivity index (χ4v) is 4.41. The van der Waals surface area contributed by atoms with Gasteiger partial charge in [0, 0.05) is 8.95 Å².